The number of carbonyl (C=O) groups excluding carboxylic acids is 1. The second-order valence-electron chi connectivity index (χ2n) is 4.34. The second-order valence-corrected chi connectivity index (χ2v) is 4.34. The Morgan fingerprint density at radius 3 is 2.71 bits per heavy atom. The van der Waals surface area contributed by atoms with Crippen molar-refractivity contribution in [3.8, 4) is 5.75 Å². The summed E-state index contributed by atoms with van der Waals surface area (Å²) in [5.74, 6) is 1.26. The maximum Gasteiger partial charge on any atom is 0.222 e. The van der Waals surface area contributed by atoms with Crippen LogP contribution in [0.15, 0.2) is 42.7 Å². The molecular weight excluding hydrogens is 268 g/mol. The molecule has 0 aliphatic heterocycles. The molecule has 0 saturated carbocycles. The summed E-state index contributed by atoms with van der Waals surface area (Å²) >= 11 is 0. The molecule has 1 aromatic heterocycles. The number of aromatic nitrogens is 2. The Morgan fingerprint density at radius 1 is 1.19 bits per heavy atom. The number of anilines is 1. The van der Waals surface area contributed by atoms with Gasteiger partial charge >= 0.3 is 0 Å². The lowest BCUT2D eigenvalue weighted by Crippen LogP contribution is -2.25. The first kappa shape index (κ1) is 14.8. The monoisotopic (exact) mass is 286 g/mol. The van der Waals surface area contributed by atoms with Crippen LogP contribution in [0.1, 0.15) is 12.0 Å². The summed E-state index contributed by atoms with van der Waals surface area (Å²) in [4.78, 5) is 19.8. The molecule has 6 nitrogen and oxygen atoms in total. The summed E-state index contributed by atoms with van der Waals surface area (Å²) < 4.78 is 5.24. The van der Waals surface area contributed by atoms with Crippen molar-refractivity contribution in [2.45, 2.75) is 13.0 Å². The molecule has 2 rings (SSSR count). The highest BCUT2D eigenvalue weighted by molar-refractivity contribution is 5.76. The van der Waals surface area contributed by atoms with E-state index >= 15 is 0 Å². The van der Waals surface area contributed by atoms with Crippen molar-refractivity contribution in [2.75, 3.05) is 19.0 Å². The van der Waals surface area contributed by atoms with E-state index in [2.05, 4.69) is 20.6 Å². The van der Waals surface area contributed by atoms with Gasteiger partial charge in [-0.15, -0.1) is 0 Å². The van der Waals surface area contributed by atoms with Crippen molar-refractivity contribution in [3.05, 3.63) is 48.3 Å². The topological polar surface area (TPSA) is 76.1 Å². The van der Waals surface area contributed by atoms with Gasteiger partial charge in [0.15, 0.2) is 0 Å². The molecule has 0 saturated heterocycles. The summed E-state index contributed by atoms with van der Waals surface area (Å²) in [6, 6.07) is 9.35. The zero-order chi connectivity index (χ0) is 14.9. The first-order valence-corrected chi connectivity index (χ1v) is 6.69. The van der Waals surface area contributed by atoms with Crippen LogP contribution in [0.25, 0.3) is 0 Å². The highest BCUT2D eigenvalue weighted by Crippen LogP contribution is 2.16. The third-order valence-electron chi connectivity index (χ3n) is 2.87. The second kappa shape index (κ2) is 7.84. The Balaban J connectivity index is 1.72. The number of para-hydroxylation sites is 1. The average molecular weight is 286 g/mol. The van der Waals surface area contributed by atoms with Gasteiger partial charge in [-0.25, -0.2) is 9.97 Å². The van der Waals surface area contributed by atoms with Gasteiger partial charge in [-0.3, -0.25) is 4.79 Å². The fourth-order valence-corrected chi connectivity index (χ4v) is 1.81. The molecule has 1 aromatic carbocycles. The molecule has 0 fully saturated rings. The predicted octanol–water partition coefficient (Wildman–Crippen LogP) is 1.60. The van der Waals surface area contributed by atoms with Crippen LogP contribution >= 0.6 is 0 Å². The number of benzene rings is 1. The Hall–Kier alpha value is -2.63. The van der Waals surface area contributed by atoms with Crippen LogP contribution in [-0.4, -0.2) is 29.5 Å². The Labute approximate surface area is 123 Å². The smallest absolute Gasteiger partial charge is 0.222 e. The van der Waals surface area contributed by atoms with Crippen molar-refractivity contribution in [1.29, 1.82) is 0 Å². The van der Waals surface area contributed by atoms with Gasteiger partial charge in [-0.1, -0.05) is 18.2 Å². The summed E-state index contributed by atoms with van der Waals surface area (Å²) in [5.41, 5.74) is 0.952. The summed E-state index contributed by atoms with van der Waals surface area (Å²) in [6.07, 6.45) is 3.65. The van der Waals surface area contributed by atoms with Crippen molar-refractivity contribution >= 4 is 11.9 Å². The van der Waals surface area contributed by atoms with Gasteiger partial charge < -0.3 is 15.4 Å². The van der Waals surface area contributed by atoms with Crippen LogP contribution in [-0.2, 0) is 11.3 Å². The van der Waals surface area contributed by atoms with Gasteiger partial charge in [0.1, 0.15) is 5.75 Å². The number of hydrogen-bond donors (Lipinski definition) is 2. The van der Waals surface area contributed by atoms with Crippen LogP contribution in [0, 0.1) is 0 Å². The molecule has 0 spiro atoms. The van der Waals surface area contributed by atoms with Crippen LogP contribution in [0.3, 0.4) is 0 Å². The number of nitrogens with one attached hydrogen (secondary N) is 2. The zero-order valence-electron chi connectivity index (χ0n) is 11.9. The Bertz CT molecular complexity index is 575. The van der Waals surface area contributed by atoms with Gasteiger partial charge in [0.25, 0.3) is 0 Å². The maximum atomic E-state index is 11.8. The number of amides is 1. The number of carbonyl (C=O) groups is 1. The van der Waals surface area contributed by atoms with Gasteiger partial charge in [-0.05, 0) is 12.1 Å². The van der Waals surface area contributed by atoms with E-state index < -0.39 is 0 Å². The van der Waals surface area contributed by atoms with Crippen molar-refractivity contribution < 1.29 is 9.53 Å². The van der Waals surface area contributed by atoms with Crippen molar-refractivity contribution in [1.82, 2.24) is 15.3 Å². The third-order valence-corrected chi connectivity index (χ3v) is 2.87. The number of methoxy groups -OCH3 is 1. The molecule has 6 heteroatoms. The van der Waals surface area contributed by atoms with Crippen LogP contribution in [0.2, 0.25) is 0 Å². The van der Waals surface area contributed by atoms with E-state index in [0.717, 1.165) is 11.3 Å². The van der Waals surface area contributed by atoms with Gasteiger partial charge in [-0.2, -0.15) is 0 Å². The molecule has 1 amide bonds. The molecule has 2 N–H and O–H groups in total. The molecule has 0 atom stereocenters. The molecule has 0 bridgehead atoms. The molecular formula is C15H18N4O2. The van der Waals surface area contributed by atoms with E-state index in [1.54, 1.807) is 25.6 Å². The summed E-state index contributed by atoms with van der Waals surface area (Å²) in [7, 11) is 1.62. The molecule has 0 aliphatic carbocycles. The van der Waals surface area contributed by atoms with Crippen LogP contribution in [0.5, 0.6) is 5.75 Å². The lowest BCUT2D eigenvalue weighted by atomic mass is 10.2. The lowest BCUT2D eigenvalue weighted by Gasteiger charge is -2.09. The molecule has 21 heavy (non-hydrogen) atoms. The molecule has 2 aromatic rings. The minimum atomic E-state index is -0.0377. The first-order valence-electron chi connectivity index (χ1n) is 6.69. The number of ether oxygens (including phenoxy) is 1. The van der Waals surface area contributed by atoms with Crippen LogP contribution in [0.4, 0.5) is 5.95 Å². The van der Waals surface area contributed by atoms with Crippen molar-refractivity contribution in [2.24, 2.45) is 0 Å². The van der Waals surface area contributed by atoms with Gasteiger partial charge in [0.2, 0.25) is 11.9 Å². The highest BCUT2D eigenvalue weighted by Gasteiger charge is 2.05. The summed E-state index contributed by atoms with van der Waals surface area (Å²) in [5, 5.41) is 5.85. The van der Waals surface area contributed by atoms with E-state index in [0.29, 0.717) is 25.5 Å². The molecule has 110 valence electrons. The maximum absolute atomic E-state index is 11.8. The van der Waals surface area contributed by atoms with E-state index in [1.165, 1.54) is 0 Å². The fourth-order valence-electron chi connectivity index (χ4n) is 1.81. The van der Waals surface area contributed by atoms with E-state index in [-0.39, 0.29) is 5.91 Å². The van der Waals surface area contributed by atoms with Crippen LogP contribution < -0.4 is 15.4 Å². The SMILES string of the molecule is COc1ccccc1CNC(=O)CCNc1ncccn1. The van der Waals surface area contributed by atoms with E-state index in [4.69, 9.17) is 4.74 Å². The summed E-state index contributed by atoms with van der Waals surface area (Å²) in [6.45, 7) is 0.937. The Morgan fingerprint density at radius 2 is 1.95 bits per heavy atom. The highest BCUT2D eigenvalue weighted by atomic mass is 16.5. The van der Waals surface area contributed by atoms with E-state index in [1.807, 2.05) is 24.3 Å². The molecule has 0 aliphatic rings. The Kier molecular flexibility index (Phi) is 5.51. The predicted molar refractivity (Wildman–Crippen MR) is 80.0 cm³/mol. The minimum absolute atomic E-state index is 0.0377. The van der Waals surface area contributed by atoms with Gasteiger partial charge in [0.05, 0.1) is 7.11 Å². The molecule has 1 heterocycles. The first-order chi connectivity index (χ1) is 10.3. The van der Waals surface area contributed by atoms with Gasteiger partial charge in [0, 0.05) is 37.5 Å². The average Bonchev–Trinajstić information content (AvgIpc) is 2.54. The largest absolute Gasteiger partial charge is 0.496 e. The standard InChI is InChI=1S/C15H18N4O2/c1-21-13-6-3-2-5-12(13)11-19-14(20)7-10-18-15-16-8-4-9-17-15/h2-6,8-9H,7,10-11H2,1H3,(H,19,20)(H,16,17,18). The normalized spacial score (nSPS) is 9.95. The number of nitrogens with zero attached hydrogens (tertiary/aromatic N) is 2. The minimum Gasteiger partial charge on any atom is -0.496 e. The number of hydrogen-bond acceptors (Lipinski definition) is 5. The number of rotatable bonds is 7. The zero-order valence-corrected chi connectivity index (χ0v) is 11.9. The molecule has 0 radical (unpaired) electrons. The fraction of sp³-hybridized carbons (Fsp3) is 0.267. The van der Waals surface area contributed by atoms with E-state index in [9.17, 15) is 4.79 Å². The van der Waals surface area contributed by atoms with Crippen molar-refractivity contribution in [3.63, 3.8) is 0 Å². The third kappa shape index (κ3) is 4.76. The lowest BCUT2D eigenvalue weighted by molar-refractivity contribution is -0.121. The quantitative estimate of drug-likeness (QED) is 0.808. The molecule has 0 unspecified atom stereocenters.